The third-order valence-electron chi connectivity index (χ3n) is 4.35. The summed E-state index contributed by atoms with van der Waals surface area (Å²) < 4.78 is 52.6. The lowest BCUT2D eigenvalue weighted by molar-refractivity contribution is 0.0989. The van der Waals surface area contributed by atoms with Crippen LogP contribution in [-0.4, -0.2) is 54.9 Å². The number of nitrogens with one attached hydrogen (secondary N) is 1. The number of carbonyl (C=O) groups excluding carboxylic acids is 1. The van der Waals surface area contributed by atoms with E-state index in [2.05, 4.69) is 14.8 Å². The van der Waals surface area contributed by atoms with Gasteiger partial charge in [-0.25, -0.2) is 22.3 Å². The van der Waals surface area contributed by atoms with Crippen LogP contribution in [0.3, 0.4) is 0 Å². The van der Waals surface area contributed by atoms with E-state index < -0.39 is 27.2 Å². The Bertz CT molecular complexity index is 1230. The first-order valence-electron chi connectivity index (χ1n) is 9.71. The molecule has 0 unspecified atom stereocenters. The van der Waals surface area contributed by atoms with Gasteiger partial charge in [0.25, 0.3) is 0 Å². The van der Waals surface area contributed by atoms with Crippen molar-refractivity contribution >= 4 is 38.7 Å². The minimum Gasteiger partial charge on any atom is -0.474 e. The minimum absolute atomic E-state index is 0.0524. The van der Waals surface area contributed by atoms with Crippen molar-refractivity contribution in [3.05, 3.63) is 52.6 Å². The molecule has 0 saturated heterocycles. The molecule has 2 heterocycles. The number of halogens is 2. The predicted octanol–water partition coefficient (Wildman–Crippen LogP) is 3.12. The molecule has 1 N–H and O–H groups in total. The first-order chi connectivity index (χ1) is 15.2. The lowest BCUT2D eigenvalue weighted by atomic mass is 10.0. The molecule has 0 amide bonds. The van der Waals surface area contributed by atoms with Gasteiger partial charge in [0.15, 0.2) is 11.4 Å². The monoisotopic (exact) mass is 484 g/mol. The Labute approximate surface area is 189 Å². The molecular formula is C20H22ClFN4O5S. The van der Waals surface area contributed by atoms with Crippen LogP contribution in [0.4, 0.5) is 10.1 Å². The van der Waals surface area contributed by atoms with Crippen LogP contribution < -0.4 is 9.46 Å². The second-order valence-corrected chi connectivity index (χ2v) is 9.11. The van der Waals surface area contributed by atoms with Crippen LogP contribution in [0.15, 0.2) is 30.6 Å². The summed E-state index contributed by atoms with van der Waals surface area (Å²) in [4.78, 5) is 17.0. The summed E-state index contributed by atoms with van der Waals surface area (Å²) in [6, 6.07) is 3.81. The Kier molecular flexibility index (Phi) is 7.64. The number of sulfonamides is 1. The fourth-order valence-corrected chi connectivity index (χ4v) is 4.44. The van der Waals surface area contributed by atoms with Gasteiger partial charge in [0.05, 0.1) is 28.6 Å². The van der Waals surface area contributed by atoms with Crippen LogP contribution in [0.1, 0.15) is 29.3 Å². The van der Waals surface area contributed by atoms with Crippen molar-refractivity contribution in [2.75, 3.05) is 30.8 Å². The summed E-state index contributed by atoms with van der Waals surface area (Å²) in [6.07, 6.45) is 3.21. The number of ether oxygens (including phenoxy) is 2. The Morgan fingerprint density at radius 1 is 1.31 bits per heavy atom. The molecule has 0 atom stereocenters. The number of Topliss-reactive ketones (excluding diaryl/α,β-unsaturated/α-hetero) is 1. The zero-order chi connectivity index (χ0) is 23.3. The maximum absolute atomic E-state index is 14.4. The van der Waals surface area contributed by atoms with E-state index in [0.717, 1.165) is 6.07 Å². The second kappa shape index (κ2) is 10.2. The molecule has 3 aromatic rings. The lowest BCUT2D eigenvalue weighted by Crippen LogP contribution is -2.17. The fourth-order valence-electron chi connectivity index (χ4n) is 2.93. The SMILES string of the molecule is CCCS(=O)(=O)Nc1ccc(F)c(C(=O)Cc2cnc3cc(OCCOC)nn3c2)c1Cl. The zero-order valence-corrected chi connectivity index (χ0v) is 19.0. The van der Waals surface area contributed by atoms with Crippen LogP contribution >= 0.6 is 11.6 Å². The molecular weight excluding hydrogens is 463 g/mol. The minimum atomic E-state index is -3.66. The van der Waals surface area contributed by atoms with E-state index in [1.54, 1.807) is 26.3 Å². The number of ketones is 1. The van der Waals surface area contributed by atoms with Gasteiger partial charge < -0.3 is 9.47 Å². The standard InChI is InChI=1S/C20H22ClFN4O5S/c1-3-8-32(28,29)25-15-5-4-14(22)19(20(15)21)16(27)9-13-11-23-17-10-18(24-26(17)12-13)31-7-6-30-2/h4-5,10-12,25H,3,6-9H2,1-2H3. The number of hydrogen-bond donors (Lipinski definition) is 1. The summed E-state index contributed by atoms with van der Waals surface area (Å²) in [5.41, 5.74) is 0.516. The molecule has 9 nitrogen and oxygen atoms in total. The van der Waals surface area contributed by atoms with E-state index in [-0.39, 0.29) is 22.9 Å². The number of aromatic nitrogens is 3. The first kappa shape index (κ1) is 23.9. The van der Waals surface area contributed by atoms with Gasteiger partial charge in [-0.05, 0) is 24.1 Å². The Hall–Kier alpha value is -2.76. The molecule has 172 valence electrons. The smallest absolute Gasteiger partial charge is 0.235 e. The molecule has 0 aliphatic heterocycles. The molecule has 32 heavy (non-hydrogen) atoms. The third-order valence-corrected chi connectivity index (χ3v) is 6.22. The highest BCUT2D eigenvalue weighted by Crippen LogP contribution is 2.30. The quantitative estimate of drug-likeness (QED) is 0.328. The summed E-state index contributed by atoms with van der Waals surface area (Å²) in [7, 11) is -2.10. The van der Waals surface area contributed by atoms with E-state index >= 15 is 0 Å². The molecule has 0 bridgehead atoms. The molecule has 2 aromatic heterocycles. The molecule has 0 spiro atoms. The van der Waals surface area contributed by atoms with Crippen molar-refractivity contribution in [3.63, 3.8) is 0 Å². The molecule has 12 heteroatoms. The van der Waals surface area contributed by atoms with E-state index in [9.17, 15) is 17.6 Å². The summed E-state index contributed by atoms with van der Waals surface area (Å²) >= 11 is 6.19. The van der Waals surface area contributed by atoms with Crippen molar-refractivity contribution in [2.45, 2.75) is 19.8 Å². The van der Waals surface area contributed by atoms with Gasteiger partial charge in [0.1, 0.15) is 12.4 Å². The van der Waals surface area contributed by atoms with Crippen LogP contribution in [0, 0.1) is 5.82 Å². The van der Waals surface area contributed by atoms with E-state index in [0.29, 0.717) is 36.7 Å². The molecule has 0 aliphatic carbocycles. The predicted molar refractivity (Wildman–Crippen MR) is 118 cm³/mol. The number of nitrogens with zero attached hydrogens (tertiary/aromatic N) is 3. The molecule has 0 radical (unpaired) electrons. The van der Waals surface area contributed by atoms with Crippen LogP contribution in [0.5, 0.6) is 5.88 Å². The van der Waals surface area contributed by atoms with Gasteiger partial charge in [-0.1, -0.05) is 18.5 Å². The number of benzene rings is 1. The third kappa shape index (κ3) is 5.72. The van der Waals surface area contributed by atoms with Crippen molar-refractivity contribution in [2.24, 2.45) is 0 Å². The molecule has 1 aromatic carbocycles. The van der Waals surface area contributed by atoms with Crippen LogP contribution in [0.2, 0.25) is 5.02 Å². The van der Waals surface area contributed by atoms with Crippen molar-refractivity contribution in [1.82, 2.24) is 14.6 Å². The number of anilines is 1. The number of carbonyl (C=O) groups is 1. The molecule has 3 rings (SSSR count). The van der Waals surface area contributed by atoms with Gasteiger partial charge in [-0.2, -0.15) is 0 Å². The van der Waals surface area contributed by atoms with Crippen LogP contribution in [-0.2, 0) is 21.2 Å². The summed E-state index contributed by atoms with van der Waals surface area (Å²) in [5, 5.41) is 3.93. The Morgan fingerprint density at radius 3 is 2.81 bits per heavy atom. The molecule has 0 aliphatic rings. The fraction of sp³-hybridized carbons (Fsp3) is 0.350. The number of fused-ring (bicyclic) bond motifs is 1. The normalized spacial score (nSPS) is 11.6. The van der Waals surface area contributed by atoms with Gasteiger partial charge in [-0.3, -0.25) is 9.52 Å². The topological polar surface area (TPSA) is 112 Å². The van der Waals surface area contributed by atoms with E-state index in [1.807, 2.05) is 0 Å². The average molecular weight is 485 g/mol. The Balaban J connectivity index is 1.82. The maximum Gasteiger partial charge on any atom is 0.235 e. The maximum atomic E-state index is 14.4. The summed E-state index contributed by atoms with van der Waals surface area (Å²) in [5.74, 6) is -1.26. The number of methoxy groups -OCH3 is 1. The van der Waals surface area contributed by atoms with Crippen molar-refractivity contribution in [1.29, 1.82) is 0 Å². The van der Waals surface area contributed by atoms with Gasteiger partial charge in [0, 0.05) is 32.0 Å². The van der Waals surface area contributed by atoms with Gasteiger partial charge >= 0.3 is 0 Å². The van der Waals surface area contributed by atoms with Gasteiger partial charge in [-0.15, -0.1) is 5.10 Å². The molecule has 0 saturated carbocycles. The Morgan fingerprint density at radius 2 is 2.09 bits per heavy atom. The van der Waals surface area contributed by atoms with Crippen molar-refractivity contribution < 1.29 is 27.1 Å². The zero-order valence-electron chi connectivity index (χ0n) is 17.5. The van der Waals surface area contributed by atoms with Crippen molar-refractivity contribution in [3.8, 4) is 5.88 Å². The second-order valence-electron chi connectivity index (χ2n) is 6.89. The van der Waals surface area contributed by atoms with E-state index in [4.69, 9.17) is 21.1 Å². The average Bonchev–Trinajstić information content (AvgIpc) is 3.12. The highest BCUT2D eigenvalue weighted by molar-refractivity contribution is 7.92. The van der Waals surface area contributed by atoms with Gasteiger partial charge in [0.2, 0.25) is 15.9 Å². The first-order valence-corrected chi connectivity index (χ1v) is 11.7. The highest BCUT2D eigenvalue weighted by atomic mass is 35.5. The highest BCUT2D eigenvalue weighted by Gasteiger charge is 2.22. The molecule has 0 fully saturated rings. The summed E-state index contributed by atoms with van der Waals surface area (Å²) in [6.45, 7) is 2.43. The largest absolute Gasteiger partial charge is 0.474 e. The number of rotatable bonds is 11. The van der Waals surface area contributed by atoms with Crippen LogP contribution in [0.25, 0.3) is 5.65 Å². The van der Waals surface area contributed by atoms with E-state index in [1.165, 1.54) is 16.8 Å². The lowest BCUT2D eigenvalue weighted by Gasteiger charge is -2.12. The number of hydrogen-bond acceptors (Lipinski definition) is 7.